The number of morpholine rings is 1. The average Bonchev–Trinajstić information content (AvgIpc) is 2.73. The molecule has 5 heteroatoms. The van der Waals surface area contributed by atoms with E-state index in [1.165, 1.54) is 5.56 Å². The number of hydrogen-bond donors (Lipinski definition) is 0. The Labute approximate surface area is 166 Å². The van der Waals surface area contributed by atoms with Crippen LogP contribution in [0.5, 0.6) is 0 Å². The number of amides is 1. The van der Waals surface area contributed by atoms with Crippen LogP contribution in [0.15, 0.2) is 48.5 Å². The fraction of sp³-hybridized carbons (Fsp3) is 0.391. The van der Waals surface area contributed by atoms with Gasteiger partial charge in [0.15, 0.2) is 0 Å². The first-order valence-corrected chi connectivity index (χ1v) is 9.60. The van der Waals surface area contributed by atoms with Gasteiger partial charge in [-0.15, -0.1) is 0 Å². The van der Waals surface area contributed by atoms with E-state index >= 15 is 0 Å². The van der Waals surface area contributed by atoms with Crippen LogP contribution in [-0.4, -0.2) is 43.2 Å². The highest BCUT2D eigenvalue weighted by atomic mass is 16.5. The first-order chi connectivity index (χ1) is 13.6. The van der Waals surface area contributed by atoms with Crippen LogP contribution in [0, 0.1) is 18.3 Å². The van der Waals surface area contributed by atoms with E-state index < -0.39 is 0 Å². The van der Waals surface area contributed by atoms with Crippen LogP contribution in [0.2, 0.25) is 0 Å². The molecule has 2 unspecified atom stereocenters. The number of aryl methyl sites for hydroxylation is 1. The van der Waals surface area contributed by atoms with E-state index in [1.807, 2.05) is 37.3 Å². The van der Waals surface area contributed by atoms with Gasteiger partial charge >= 0.3 is 0 Å². The monoisotopic (exact) mass is 378 g/mol. The summed E-state index contributed by atoms with van der Waals surface area (Å²) in [6.45, 7) is 6.44. The van der Waals surface area contributed by atoms with E-state index in [1.54, 1.807) is 11.0 Å². The van der Waals surface area contributed by atoms with Crippen LogP contribution < -0.4 is 0 Å². The number of carbonyl (C=O) groups excluding carboxylic acids is 1. The fourth-order valence-corrected chi connectivity index (χ4v) is 3.31. The lowest BCUT2D eigenvalue weighted by atomic mass is 10.00. The summed E-state index contributed by atoms with van der Waals surface area (Å²) in [5, 5.41) is 9.11. The first-order valence-electron chi connectivity index (χ1n) is 9.60. The van der Waals surface area contributed by atoms with E-state index in [-0.39, 0.29) is 17.9 Å². The molecule has 0 spiro atoms. The molecule has 3 rings (SSSR count). The molecule has 1 aliphatic rings. The van der Waals surface area contributed by atoms with Gasteiger partial charge in [-0.2, -0.15) is 5.26 Å². The molecule has 1 heterocycles. The van der Waals surface area contributed by atoms with Crippen molar-refractivity contribution in [3.8, 4) is 6.07 Å². The number of nitriles is 1. The maximum Gasteiger partial charge on any atom is 0.254 e. The molecule has 5 nitrogen and oxygen atoms in total. The van der Waals surface area contributed by atoms with Crippen molar-refractivity contribution < 1.29 is 14.3 Å². The molecule has 2 aromatic carbocycles. The Morgan fingerprint density at radius 2 is 2.14 bits per heavy atom. The van der Waals surface area contributed by atoms with Crippen LogP contribution in [0.25, 0.3) is 0 Å². The standard InChI is InChI=1S/C23H26N2O3/c1-17-5-3-6-19(11-17)15-27-16-22-14-25(9-10-28-22)23(26)21-8-4-7-20(12-21)18(2)13-24/h3-8,11-12,18,22H,9-10,14-16H2,1-2H3. The molecule has 0 saturated carbocycles. The van der Waals surface area contributed by atoms with Gasteiger partial charge in [-0.05, 0) is 37.1 Å². The lowest BCUT2D eigenvalue weighted by Gasteiger charge is -2.33. The van der Waals surface area contributed by atoms with Crippen molar-refractivity contribution in [2.75, 3.05) is 26.3 Å². The zero-order valence-corrected chi connectivity index (χ0v) is 16.4. The van der Waals surface area contributed by atoms with E-state index in [2.05, 4.69) is 25.1 Å². The molecule has 1 saturated heterocycles. The molecule has 2 aromatic rings. The van der Waals surface area contributed by atoms with Crippen molar-refractivity contribution in [2.24, 2.45) is 0 Å². The van der Waals surface area contributed by atoms with E-state index in [0.29, 0.717) is 38.5 Å². The number of ether oxygens (including phenoxy) is 2. The Hall–Kier alpha value is -2.68. The van der Waals surface area contributed by atoms with E-state index in [0.717, 1.165) is 11.1 Å². The maximum atomic E-state index is 12.9. The number of carbonyl (C=O) groups is 1. The summed E-state index contributed by atoms with van der Waals surface area (Å²) in [5.74, 6) is -0.265. The second kappa shape index (κ2) is 9.50. The summed E-state index contributed by atoms with van der Waals surface area (Å²) in [6, 6.07) is 17.8. The van der Waals surface area contributed by atoms with Crippen LogP contribution in [-0.2, 0) is 16.1 Å². The van der Waals surface area contributed by atoms with Crippen LogP contribution in [0.3, 0.4) is 0 Å². The summed E-state index contributed by atoms with van der Waals surface area (Å²) in [6.07, 6.45) is -0.135. The minimum Gasteiger partial charge on any atom is -0.374 e. The van der Waals surface area contributed by atoms with Crippen LogP contribution in [0.1, 0.15) is 39.9 Å². The fourth-order valence-electron chi connectivity index (χ4n) is 3.31. The molecule has 1 amide bonds. The zero-order chi connectivity index (χ0) is 19.9. The van der Waals surface area contributed by atoms with E-state index in [9.17, 15) is 4.79 Å². The quantitative estimate of drug-likeness (QED) is 0.769. The molecular formula is C23H26N2O3. The van der Waals surface area contributed by atoms with Gasteiger partial charge in [0, 0.05) is 18.7 Å². The predicted octanol–water partition coefficient (Wildman–Crippen LogP) is 3.68. The number of hydrogen-bond acceptors (Lipinski definition) is 4. The van der Waals surface area contributed by atoms with Crippen molar-refractivity contribution in [2.45, 2.75) is 32.5 Å². The minimum atomic E-state index is -0.236. The molecule has 0 radical (unpaired) electrons. The molecule has 1 aliphatic heterocycles. The minimum absolute atomic E-state index is 0.0287. The maximum absolute atomic E-state index is 12.9. The number of rotatable bonds is 6. The van der Waals surface area contributed by atoms with Gasteiger partial charge in [-0.3, -0.25) is 4.79 Å². The molecule has 0 bridgehead atoms. The molecule has 0 aromatic heterocycles. The van der Waals surface area contributed by atoms with Crippen molar-refractivity contribution >= 4 is 5.91 Å². The molecule has 0 N–H and O–H groups in total. The Morgan fingerprint density at radius 1 is 1.32 bits per heavy atom. The summed E-state index contributed by atoms with van der Waals surface area (Å²) in [4.78, 5) is 14.7. The SMILES string of the molecule is Cc1cccc(COCC2CN(C(=O)c3cccc(C(C)C#N)c3)CCO2)c1. The largest absolute Gasteiger partial charge is 0.374 e. The third-order valence-electron chi connectivity index (χ3n) is 4.91. The Kier molecular flexibility index (Phi) is 6.80. The Morgan fingerprint density at radius 3 is 2.93 bits per heavy atom. The first kappa shape index (κ1) is 20.1. The van der Waals surface area contributed by atoms with Gasteiger partial charge < -0.3 is 14.4 Å². The van der Waals surface area contributed by atoms with Crippen LogP contribution in [0.4, 0.5) is 0 Å². The van der Waals surface area contributed by atoms with Gasteiger partial charge in [0.2, 0.25) is 0 Å². The third kappa shape index (κ3) is 5.19. The van der Waals surface area contributed by atoms with Crippen molar-refractivity contribution in [3.63, 3.8) is 0 Å². The van der Waals surface area contributed by atoms with Gasteiger partial charge in [0.25, 0.3) is 5.91 Å². The molecule has 146 valence electrons. The predicted molar refractivity (Wildman–Crippen MR) is 107 cm³/mol. The smallest absolute Gasteiger partial charge is 0.254 e. The second-order valence-corrected chi connectivity index (χ2v) is 7.22. The highest BCUT2D eigenvalue weighted by molar-refractivity contribution is 5.94. The van der Waals surface area contributed by atoms with Gasteiger partial charge in [0.1, 0.15) is 0 Å². The Balaban J connectivity index is 1.55. The molecular weight excluding hydrogens is 352 g/mol. The summed E-state index contributed by atoms with van der Waals surface area (Å²) >= 11 is 0. The Bertz CT molecular complexity index is 859. The summed E-state index contributed by atoms with van der Waals surface area (Å²) in [5.41, 5.74) is 3.81. The zero-order valence-electron chi connectivity index (χ0n) is 16.4. The topological polar surface area (TPSA) is 62.6 Å². The molecule has 2 atom stereocenters. The van der Waals surface area contributed by atoms with E-state index in [4.69, 9.17) is 14.7 Å². The van der Waals surface area contributed by atoms with Crippen LogP contribution >= 0.6 is 0 Å². The van der Waals surface area contributed by atoms with Crippen molar-refractivity contribution in [3.05, 3.63) is 70.8 Å². The second-order valence-electron chi connectivity index (χ2n) is 7.22. The molecule has 28 heavy (non-hydrogen) atoms. The summed E-state index contributed by atoms with van der Waals surface area (Å²) < 4.78 is 11.6. The van der Waals surface area contributed by atoms with Gasteiger partial charge in [-0.1, -0.05) is 42.0 Å². The summed E-state index contributed by atoms with van der Waals surface area (Å²) in [7, 11) is 0. The third-order valence-corrected chi connectivity index (χ3v) is 4.91. The number of nitrogens with zero attached hydrogens (tertiary/aromatic N) is 2. The van der Waals surface area contributed by atoms with Gasteiger partial charge in [-0.25, -0.2) is 0 Å². The molecule has 1 fully saturated rings. The van der Waals surface area contributed by atoms with Crippen molar-refractivity contribution in [1.29, 1.82) is 5.26 Å². The molecule has 0 aliphatic carbocycles. The highest BCUT2D eigenvalue weighted by Gasteiger charge is 2.25. The lowest BCUT2D eigenvalue weighted by Crippen LogP contribution is -2.47. The normalized spacial score (nSPS) is 17.8. The van der Waals surface area contributed by atoms with Crippen molar-refractivity contribution in [1.82, 2.24) is 4.90 Å². The highest BCUT2D eigenvalue weighted by Crippen LogP contribution is 2.18. The van der Waals surface area contributed by atoms with Gasteiger partial charge in [0.05, 0.1) is 37.9 Å². The number of benzene rings is 2. The average molecular weight is 378 g/mol. The lowest BCUT2D eigenvalue weighted by molar-refractivity contribution is -0.0647.